The summed E-state index contributed by atoms with van der Waals surface area (Å²) in [6, 6.07) is 11.2. The van der Waals surface area contributed by atoms with Gasteiger partial charge in [-0.3, -0.25) is 9.59 Å². The fourth-order valence-electron chi connectivity index (χ4n) is 2.23. The predicted octanol–water partition coefficient (Wildman–Crippen LogP) is 4.21. The van der Waals surface area contributed by atoms with Gasteiger partial charge in [0.1, 0.15) is 0 Å². The minimum Gasteiger partial charge on any atom is -0.318 e. The van der Waals surface area contributed by atoms with Crippen LogP contribution >= 0.6 is 15.9 Å². The lowest BCUT2D eigenvalue weighted by molar-refractivity contribution is -0.133. The zero-order valence-corrected chi connectivity index (χ0v) is 15.0. The van der Waals surface area contributed by atoms with Gasteiger partial charge in [0.05, 0.1) is 0 Å². The smallest absolute Gasteiger partial charge is 0.314 e. The van der Waals surface area contributed by atoms with Gasteiger partial charge >= 0.3 is 11.8 Å². The summed E-state index contributed by atoms with van der Waals surface area (Å²) in [5.74, 6) is -1.36. The van der Waals surface area contributed by atoms with E-state index in [9.17, 15) is 9.59 Å². The van der Waals surface area contributed by atoms with E-state index in [1.807, 2.05) is 45.0 Å². The van der Waals surface area contributed by atoms with E-state index in [1.165, 1.54) is 0 Å². The number of nitrogens with one attached hydrogen (secondary N) is 2. The molecule has 0 fully saturated rings. The summed E-state index contributed by atoms with van der Waals surface area (Å²) in [6.45, 7) is 5.87. The second-order valence-electron chi connectivity index (χ2n) is 5.33. The number of hydrogen-bond donors (Lipinski definition) is 2. The number of para-hydroxylation sites is 1. The maximum Gasteiger partial charge on any atom is 0.314 e. The van der Waals surface area contributed by atoms with E-state index in [-0.39, 0.29) is 0 Å². The summed E-state index contributed by atoms with van der Waals surface area (Å²) < 4.78 is 0.878. The van der Waals surface area contributed by atoms with Crippen molar-refractivity contribution in [3.8, 4) is 0 Å². The van der Waals surface area contributed by atoms with E-state index < -0.39 is 11.8 Å². The van der Waals surface area contributed by atoms with Crippen LogP contribution in [0.4, 0.5) is 11.4 Å². The van der Waals surface area contributed by atoms with Crippen molar-refractivity contribution in [2.75, 3.05) is 10.6 Å². The second kappa shape index (κ2) is 7.42. The van der Waals surface area contributed by atoms with Crippen molar-refractivity contribution in [1.29, 1.82) is 0 Å². The molecule has 0 unspecified atom stereocenters. The molecule has 4 nitrogen and oxygen atoms in total. The first-order valence-electron chi connectivity index (χ1n) is 7.39. The quantitative estimate of drug-likeness (QED) is 0.790. The van der Waals surface area contributed by atoms with Crippen LogP contribution in [0.3, 0.4) is 0 Å². The molecule has 0 spiro atoms. The number of aryl methyl sites for hydroxylation is 3. The van der Waals surface area contributed by atoms with Crippen LogP contribution in [0.1, 0.15) is 23.6 Å². The number of halogens is 1. The molecule has 23 heavy (non-hydrogen) atoms. The van der Waals surface area contributed by atoms with Crippen molar-refractivity contribution in [1.82, 2.24) is 0 Å². The third-order valence-electron chi connectivity index (χ3n) is 3.61. The largest absolute Gasteiger partial charge is 0.318 e. The van der Waals surface area contributed by atoms with Gasteiger partial charge in [0.25, 0.3) is 0 Å². The third kappa shape index (κ3) is 4.20. The molecule has 0 saturated carbocycles. The Hall–Kier alpha value is -2.14. The molecule has 0 aliphatic rings. The van der Waals surface area contributed by atoms with Gasteiger partial charge < -0.3 is 10.6 Å². The van der Waals surface area contributed by atoms with Crippen molar-refractivity contribution in [3.63, 3.8) is 0 Å². The Kier molecular flexibility index (Phi) is 5.55. The molecule has 0 aliphatic carbocycles. The molecule has 0 saturated heterocycles. The molecule has 0 aliphatic heterocycles. The fraction of sp³-hybridized carbons (Fsp3) is 0.222. The van der Waals surface area contributed by atoms with Crippen molar-refractivity contribution >= 4 is 39.1 Å². The highest BCUT2D eigenvalue weighted by Gasteiger charge is 2.16. The maximum atomic E-state index is 12.2. The normalized spacial score (nSPS) is 10.3. The summed E-state index contributed by atoms with van der Waals surface area (Å²) in [5, 5.41) is 5.32. The Morgan fingerprint density at radius 3 is 2.35 bits per heavy atom. The van der Waals surface area contributed by atoms with Crippen LogP contribution in [0, 0.1) is 13.8 Å². The molecular formula is C18H19BrN2O2. The lowest BCUT2D eigenvalue weighted by atomic mass is 10.1. The maximum absolute atomic E-state index is 12.2. The predicted molar refractivity (Wildman–Crippen MR) is 96.7 cm³/mol. The SMILES string of the molecule is CCc1cccc(C)c1NC(=O)C(=O)Nc1ccc(C)c(Br)c1. The standard InChI is InChI=1S/C18H19BrN2O2/c1-4-13-7-5-6-12(3)16(13)21-18(23)17(22)20-14-9-8-11(2)15(19)10-14/h5-10H,4H2,1-3H3,(H,20,22)(H,21,23). The lowest BCUT2D eigenvalue weighted by Crippen LogP contribution is -2.29. The average molecular weight is 375 g/mol. The van der Waals surface area contributed by atoms with Crippen molar-refractivity contribution in [2.24, 2.45) is 0 Å². The first-order chi connectivity index (χ1) is 10.9. The summed E-state index contributed by atoms with van der Waals surface area (Å²) >= 11 is 3.40. The molecule has 5 heteroatoms. The summed E-state index contributed by atoms with van der Waals surface area (Å²) in [7, 11) is 0. The van der Waals surface area contributed by atoms with Gasteiger partial charge in [-0.1, -0.05) is 47.1 Å². The van der Waals surface area contributed by atoms with Crippen LogP contribution in [-0.2, 0) is 16.0 Å². The van der Waals surface area contributed by atoms with Gasteiger partial charge in [0.2, 0.25) is 0 Å². The molecule has 2 N–H and O–H groups in total. The van der Waals surface area contributed by atoms with Gasteiger partial charge in [-0.15, -0.1) is 0 Å². The van der Waals surface area contributed by atoms with Gasteiger partial charge in [0.15, 0.2) is 0 Å². The fourth-order valence-corrected chi connectivity index (χ4v) is 2.61. The molecule has 0 aromatic heterocycles. The first-order valence-corrected chi connectivity index (χ1v) is 8.18. The molecule has 0 bridgehead atoms. The molecule has 2 aromatic rings. The number of anilines is 2. The second-order valence-corrected chi connectivity index (χ2v) is 6.19. The van der Waals surface area contributed by atoms with Crippen molar-refractivity contribution in [3.05, 3.63) is 57.6 Å². The van der Waals surface area contributed by atoms with Crippen molar-refractivity contribution in [2.45, 2.75) is 27.2 Å². The summed E-state index contributed by atoms with van der Waals surface area (Å²) in [5.41, 5.74) is 4.27. The van der Waals surface area contributed by atoms with E-state index in [4.69, 9.17) is 0 Å². The van der Waals surface area contributed by atoms with Gasteiger partial charge in [-0.05, 0) is 49.1 Å². The Balaban J connectivity index is 2.12. The number of hydrogen-bond acceptors (Lipinski definition) is 2. The van der Waals surface area contributed by atoms with Crippen LogP contribution in [0.5, 0.6) is 0 Å². The Labute approximate surface area is 144 Å². The zero-order chi connectivity index (χ0) is 17.0. The lowest BCUT2D eigenvalue weighted by Gasteiger charge is -2.13. The topological polar surface area (TPSA) is 58.2 Å². The molecule has 120 valence electrons. The molecule has 0 atom stereocenters. The molecule has 0 radical (unpaired) electrons. The minimum atomic E-state index is -0.689. The first kappa shape index (κ1) is 17.2. The van der Waals surface area contributed by atoms with Crippen molar-refractivity contribution < 1.29 is 9.59 Å². The molecule has 0 heterocycles. The highest BCUT2D eigenvalue weighted by atomic mass is 79.9. The molecule has 2 amide bonds. The Morgan fingerprint density at radius 2 is 1.70 bits per heavy atom. The zero-order valence-electron chi connectivity index (χ0n) is 13.4. The third-order valence-corrected chi connectivity index (χ3v) is 4.47. The van der Waals surface area contributed by atoms with E-state index in [0.29, 0.717) is 11.4 Å². The van der Waals surface area contributed by atoms with Crippen LogP contribution < -0.4 is 10.6 Å². The van der Waals surface area contributed by atoms with Crippen LogP contribution in [0.15, 0.2) is 40.9 Å². The van der Waals surface area contributed by atoms with Gasteiger partial charge in [-0.25, -0.2) is 0 Å². The van der Waals surface area contributed by atoms with E-state index in [1.54, 1.807) is 12.1 Å². The monoisotopic (exact) mass is 374 g/mol. The Bertz CT molecular complexity index is 757. The van der Waals surface area contributed by atoms with Gasteiger partial charge in [-0.2, -0.15) is 0 Å². The molecule has 2 aromatic carbocycles. The summed E-state index contributed by atoms with van der Waals surface area (Å²) in [4.78, 5) is 24.2. The highest BCUT2D eigenvalue weighted by Crippen LogP contribution is 2.22. The Morgan fingerprint density at radius 1 is 1.00 bits per heavy atom. The van der Waals surface area contributed by atoms with E-state index in [2.05, 4.69) is 26.6 Å². The number of amides is 2. The number of carbonyl (C=O) groups excluding carboxylic acids is 2. The molecular weight excluding hydrogens is 356 g/mol. The van der Waals surface area contributed by atoms with E-state index in [0.717, 1.165) is 27.6 Å². The highest BCUT2D eigenvalue weighted by molar-refractivity contribution is 9.10. The van der Waals surface area contributed by atoms with Crippen LogP contribution in [-0.4, -0.2) is 11.8 Å². The summed E-state index contributed by atoms with van der Waals surface area (Å²) in [6.07, 6.45) is 0.782. The van der Waals surface area contributed by atoms with Crippen LogP contribution in [0.25, 0.3) is 0 Å². The average Bonchev–Trinajstić information content (AvgIpc) is 2.52. The minimum absolute atomic E-state index is 0.572. The van der Waals surface area contributed by atoms with Crippen LogP contribution in [0.2, 0.25) is 0 Å². The van der Waals surface area contributed by atoms with Gasteiger partial charge in [0, 0.05) is 15.8 Å². The number of carbonyl (C=O) groups is 2. The number of benzene rings is 2. The number of rotatable bonds is 3. The van der Waals surface area contributed by atoms with E-state index >= 15 is 0 Å². The molecule has 2 rings (SSSR count).